The first-order valence-corrected chi connectivity index (χ1v) is 9.88. The van der Waals surface area contributed by atoms with Gasteiger partial charge < -0.3 is 9.84 Å². The van der Waals surface area contributed by atoms with E-state index in [1.807, 2.05) is 13.8 Å². The quantitative estimate of drug-likeness (QED) is 0.779. The van der Waals surface area contributed by atoms with E-state index >= 15 is 0 Å². The zero-order chi connectivity index (χ0) is 17.7. The van der Waals surface area contributed by atoms with E-state index in [4.69, 9.17) is 16.3 Å². The van der Waals surface area contributed by atoms with Crippen molar-refractivity contribution in [1.29, 1.82) is 0 Å². The molecule has 2 rings (SSSR count). The van der Waals surface area contributed by atoms with Gasteiger partial charge in [-0.15, -0.1) is 0 Å². The highest BCUT2D eigenvalue weighted by Gasteiger charge is 2.29. The molecule has 1 aliphatic heterocycles. The Morgan fingerprint density at radius 3 is 2.29 bits per heavy atom. The number of ether oxygens (including phenoxy) is 1. The van der Waals surface area contributed by atoms with Crippen LogP contribution < -0.4 is 0 Å². The molecule has 136 valence electrons. The summed E-state index contributed by atoms with van der Waals surface area (Å²) in [6.07, 6.45) is -0.479. The minimum Gasteiger partial charge on any atom is -0.389 e. The van der Waals surface area contributed by atoms with E-state index in [0.29, 0.717) is 44.4 Å². The fourth-order valence-corrected chi connectivity index (χ4v) is 4.11. The van der Waals surface area contributed by atoms with Crippen molar-refractivity contribution in [2.75, 3.05) is 39.3 Å². The predicted molar refractivity (Wildman–Crippen MR) is 93.7 cm³/mol. The maximum atomic E-state index is 12.6. The Morgan fingerprint density at radius 2 is 1.75 bits per heavy atom. The lowest BCUT2D eigenvalue weighted by Gasteiger charge is -2.34. The molecule has 1 N–H and O–H groups in total. The van der Waals surface area contributed by atoms with E-state index in [2.05, 4.69) is 4.90 Å². The van der Waals surface area contributed by atoms with Gasteiger partial charge in [0.15, 0.2) is 0 Å². The summed E-state index contributed by atoms with van der Waals surface area (Å²) in [4.78, 5) is 2.31. The van der Waals surface area contributed by atoms with E-state index in [-0.39, 0.29) is 11.0 Å². The van der Waals surface area contributed by atoms with E-state index in [1.165, 1.54) is 16.4 Å². The molecule has 24 heavy (non-hydrogen) atoms. The minimum absolute atomic E-state index is 0.0843. The largest absolute Gasteiger partial charge is 0.389 e. The van der Waals surface area contributed by atoms with Gasteiger partial charge in [0, 0.05) is 37.7 Å². The lowest BCUT2D eigenvalue weighted by atomic mass is 10.3. The molecule has 0 spiro atoms. The number of piperazine rings is 1. The average Bonchev–Trinajstić information content (AvgIpc) is 2.54. The van der Waals surface area contributed by atoms with Crippen LogP contribution in [0.25, 0.3) is 0 Å². The molecule has 1 atom stereocenters. The van der Waals surface area contributed by atoms with Crippen molar-refractivity contribution in [2.24, 2.45) is 0 Å². The van der Waals surface area contributed by atoms with Crippen LogP contribution in [0.4, 0.5) is 0 Å². The van der Waals surface area contributed by atoms with Crippen molar-refractivity contribution < 1.29 is 18.3 Å². The number of aliphatic hydroxyl groups excluding tert-OH is 1. The van der Waals surface area contributed by atoms with Crippen LogP contribution in [0.5, 0.6) is 0 Å². The second-order valence-electron chi connectivity index (χ2n) is 6.19. The van der Waals surface area contributed by atoms with Crippen molar-refractivity contribution in [1.82, 2.24) is 9.21 Å². The molecule has 6 nitrogen and oxygen atoms in total. The van der Waals surface area contributed by atoms with Crippen molar-refractivity contribution in [3.8, 4) is 0 Å². The predicted octanol–water partition coefficient (Wildman–Crippen LogP) is 1.43. The third-order valence-electron chi connectivity index (χ3n) is 3.87. The third kappa shape index (κ3) is 5.40. The van der Waals surface area contributed by atoms with Crippen LogP contribution in [0.2, 0.25) is 5.02 Å². The number of sulfonamides is 1. The zero-order valence-electron chi connectivity index (χ0n) is 14.1. The number of β-amino-alcohol motifs (C(OH)–C–C–N with tert-alkyl or cyclic N) is 1. The first-order chi connectivity index (χ1) is 11.3. The number of halogens is 1. The fourth-order valence-electron chi connectivity index (χ4n) is 2.56. The molecule has 0 saturated carbocycles. The minimum atomic E-state index is -3.49. The lowest BCUT2D eigenvalue weighted by molar-refractivity contribution is -0.0117. The summed E-state index contributed by atoms with van der Waals surface area (Å²) in [6, 6.07) is 6.21. The van der Waals surface area contributed by atoms with Gasteiger partial charge in [0.1, 0.15) is 0 Å². The first kappa shape index (κ1) is 19.6. The molecule has 1 fully saturated rings. The molecular weight excluding hydrogens is 352 g/mol. The molecule has 0 aliphatic carbocycles. The molecule has 1 heterocycles. The van der Waals surface area contributed by atoms with Gasteiger partial charge in [-0.1, -0.05) is 11.6 Å². The lowest BCUT2D eigenvalue weighted by Crippen LogP contribution is -2.50. The summed E-state index contributed by atoms with van der Waals surface area (Å²) in [7, 11) is -3.49. The van der Waals surface area contributed by atoms with Crippen LogP contribution >= 0.6 is 11.6 Å². The average molecular weight is 377 g/mol. The third-order valence-corrected chi connectivity index (χ3v) is 6.04. The van der Waals surface area contributed by atoms with Gasteiger partial charge in [0.25, 0.3) is 0 Å². The van der Waals surface area contributed by atoms with Crippen molar-refractivity contribution in [3.05, 3.63) is 29.3 Å². The molecule has 1 aliphatic rings. The molecule has 1 saturated heterocycles. The summed E-state index contributed by atoms with van der Waals surface area (Å²) in [6.45, 7) is 6.62. The molecule has 1 aromatic rings. The van der Waals surface area contributed by atoms with Crippen LogP contribution in [0, 0.1) is 0 Å². The second-order valence-corrected chi connectivity index (χ2v) is 8.57. The van der Waals surface area contributed by atoms with Crippen LogP contribution in [-0.4, -0.2) is 74.3 Å². The molecule has 0 aromatic heterocycles. The van der Waals surface area contributed by atoms with Crippen molar-refractivity contribution in [2.45, 2.75) is 31.0 Å². The van der Waals surface area contributed by atoms with Crippen LogP contribution in [0.3, 0.4) is 0 Å². The Balaban J connectivity index is 1.86. The van der Waals surface area contributed by atoms with Crippen LogP contribution in [0.1, 0.15) is 13.8 Å². The summed E-state index contributed by atoms with van der Waals surface area (Å²) in [5.41, 5.74) is 0. The molecule has 1 aromatic carbocycles. The van der Waals surface area contributed by atoms with Crippen LogP contribution in [-0.2, 0) is 14.8 Å². The highest BCUT2D eigenvalue weighted by Crippen LogP contribution is 2.19. The highest BCUT2D eigenvalue weighted by molar-refractivity contribution is 7.89. The van der Waals surface area contributed by atoms with Crippen LogP contribution in [0.15, 0.2) is 29.2 Å². The SMILES string of the molecule is CC(C)OCC(O)CN1CCN(S(=O)(=O)c2ccc(Cl)cc2)CC1. The molecular formula is C16H25ClN2O4S. The van der Waals surface area contributed by atoms with Crippen molar-refractivity contribution in [3.63, 3.8) is 0 Å². The Hall–Kier alpha value is -0.700. The Kier molecular flexibility index (Phi) is 7.03. The fraction of sp³-hybridized carbons (Fsp3) is 0.625. The number of nitrogens with zero attached hydrogens (tertiary/aromatic N) is 2. The Morgan fingerprint density at radius 1 is 1.17 bits per heavy atom. The smallest absolute Gasteiger partial charge is 0.243 e. The molecule has 0 amide bonds. The molecule has 0 bridgehead atoms. The summed E-state index contributed by atoms with van der Waals surface area (Å²) in [5, 5.41) is 10.5. The summed E-state index contributed by atoms with van der Waals surface area (Å²) < 4.78 is 32.1. The van der Waals surface area contributed by atoms with Gasteiger partial charge in [0.2, 0.25) is 10.0 Å². The van der Waals surface area contributed by atoms with Gasteiger partial charge >= 0.3 is 0 Å². The first-order valence-electron chi connectivity index (χ1n) is 8.07. The van der Waals surface area contributed by atoms with E-state index in [0.717, 1.165) is 0 Å². The van der Waals surface area contributed by atoms with Crippen molar-refractivity contribution >= 4 is 21.6 Å². The van der Waals surface area contributed by atoms with E-state index < -0.39 is 16.1 Å². The van der Waals surface area contributed by atoms with Gasteiger partial charge in [-0.25, -0.2) is 8.42 Å². The van der Waals surface area contributed by atoms with Gasteiger partial charge in [-0.3, -0.25) is 4.90 Å². The molecule has 1 unspecified atom stereocenters. The topological polar surface area (TPSA) is 70.1 Å². The maximum Gasteiger partial charge on any atom is 0.243 e. The number of aliphatic hydroxyl groups is 1. The highest BCUT2D eigenvalue weighted by atomic mass is 35.5. The number of hydrogen-bond acceptors (Lipinski definition) is 5. The monoisotopic (exact) mass is 376 g/mol. The normalized spacial score (nSPS) is 18.9. The Labute approximate surface area is 149 Å². The van der Waals surface area contributed by atoms with E-state index in [9.17, 15) is 13.5 Å². The Bertz CT molecular complexity index is 613. The molecule has 0 radical (unpaired) electrons. The summed E-state index contributed by atoms with van der Waals surface area (Å²) in [5.74, 6) is 0. The van der Waals surface area contributed by atoms with E-state index in [1.54, 1.807) is 12.1 Å². The number of rotatable bonds is 7. The molecule has 8 heteroatoms. The number of hydrogen-bond donors (Lipinski definition) is 1. The summed E-state index contributed by atoms with van der Waals surface area (Å²) >= 11 is 5.81. The second kappa shape index (κ2) is 8.60. The van der Waals surface area contributed by atoms with Gasteiger partial charge in [-0.05, 0) is 38.1 Å². The number of benzene rings is 1. The van der Waals surface area contributed by atoms with Gasteiger partial charge in [0.05, 0.1) is 23.7 Å². The van der Waals surface area contributed by atoms with Gasteiger partial charge in [-0.2, -0.15) is 4.31 Å². The maximum absolute atomic E-state index is 12.6. The zero-order valence-corrected chi connectivity index (χ0v) is 15.6. The standard InChI is InChI=1S/C16H25ClN2O4S/c1-13(2)23-12-15(20)11-18-7-9-19(10-8-18)24(21,22)16-5-3-14(17)4-6-16/h3-6,13,15,20H,7-12H2,1-2H3.